The Morgan fingerprint density at radius 2 is 2.10 bits per heavy atom. The Morgan fingerprint density at radius 1 is 1.29 bits per heavy atom. The SMILES string of the molecule is C/C=C(\C)CN1CCc2c(C(=O)OC)c(OCCCc3cnn(C)c3)cc(=O)n2CC1. The number of ether oxygens (including phenoxy) is 2. The average Bonchev–Trinajstić information content (AvgIpc) is 3.06. The van der Waals surface area contributed by atoms with Crippen LogP contribution >= 0.6 is 0 Å². The number of carbonyl (C=O) groups excluding carboxylic acids is 1. The molecule has 3 heterocycles. The minimum Gasteiger partial charge on any atom is -0.492 e. The first-order valence-electron chi connectivity index (χ1n) is 10.7. The molecule has 0 aromatic carbocycles. The van der Waals surface area contributed by atoms with E-state index >= 15 is 0 Å². The number of nitrogens with zero attached hydrogens (tertiary/aromatic N) is 4. The van der Waals surface area contributed by atoms with Crippen molar-refractivity contribution in [2.45, 2.75) is 39.7 Å². The zero-order valence-electron chi connectivity index (χ0n) is 18.9. The maximum absolute atomic E-state index is 12.8. The minimum atomic E-state index is -0.468. The maximum atomic E-state index is 12.8. The second kappa shape index (κ2) is 10.4. The van der Waals surface area contributed by atoms with Gasteiger partial charge in [-0.2, -0.15) is 5.10 Å². The van der Waals surface area contributed by atoms with Gasteiger partial charge in [-0.15, -0.1) is 0 Å². The van der Waals surface area contributed by atoms with E-state index in [1.165, 1.54) is 18.7 Å². The van der Waals surface area contributed by atoms with Crippen molar-refractivity contribution in [3.05, 3.63) is 57.3 Å². The summed E-state index contributed by atoms with van der Waals surface area (Å²) in [7, 11) is 3.24. The van der Waals surface area contributed by atoms with Crippen LogP contribution in [-0.2, 0) is 31.2 Å². The first-order valence-corrected chi connectivity index (χ1v) is 10.7. The van der Waals surface area contributed by atoms with Crippen LogP contribution in [0.5, 0.6) is 5.75 Å². The molecule has 168 valence electrons. The molecule has 1 aliphatic rings. The molecule has 8 heteroatoms. The molecule has 0 aliphatic carbocycles. The van der Waals surface area contributed by atoms with Crippen LogP contribution in [0.3, 0.4) is 0 Å². The molecule has 0 fully saturated rings. The summed E-state index contributed by atoms with van der Waals surface area (Å²) in [6, 6.07) is 1.42. The normalized spacial score (nSPS) is 14.8. The molecule has 2 aromatic heterocycles. The minimum absolute atomic E-state index is 0.144. The molecule has 0 unspecified atom stereocenters. The molecular formula is C23H32N4O4. The van der Waals surface area contributed by atoms with Crippen LogP contribution in [0.15, 0.2) is 34.9 Å². The Balaban J connectivity index is 1.79. The van der Waals surface area contributed by atoms with Gasteiger partial charge in [-0.25, -0.2) is 4.79 Å². The Bertz CT molecular complexity index is 1010. The van der Waals surface area contributed by atoms with Crippen molar-refractivity contribution in [1.29, 1.82) is 0 Å². The molecular weight excluding hydrogens is 396 g/mol. The van der Waals surface area contributed by atoms with Crippen molar-refractivity contribution < 1.29 is 14.3 Å². The van der Waals surface area contributed by atoms with Crippen LogP contribution in [0.2, 0.25) is 0 Å². The smallest absolute Gasteiger partial charge is 0.343 e. The van der Waals surface area contributed by atoms with Gasteiger partial charge in [-0.1, -0.05) is 11.6 Å². The Labute approximate surface area is 183 Å². The highest BCUT2D eigenvalue weighted by molar-refractivity contribution is 5.93. The van der Waals surface area contributed by atoms with Crippen LogP contribution < -0.4 is 10.3 Å². The fourth-order valence-electron chi connectivity index (χ4n) is 3.89. The number of aryl methyl sites for hydroxylation is 2. The third kappa shape index (κ3) is 5.64. The number of hydrogen-bond acceptors (Lipinski definition) is 6. The molecule has 2 aromatic rings. The van der Waals surface area contributed by atoms with E-state index in [9.17, 15) is 9.59 Å². The lowest BCUT2D eigenvalue weighted by Crippen LogP contribution is -2.30. The molecule has 0 amide bonds. The maximum Gasteiger partial charge on any atom is 0.343 e. The van der Waals surface area contributed by atoms with Crippen LogP contribution in [0.1, 0.15) is 41.9 Å². The molecule has 1 aliphatic heterocycles. The van der Waals surface area contributed by atoms with E-state index in [0.29, 0.717) is 36.6 Å². The van der Waals surface area contributed by atoms with E-state index in [-0.39, 0.29) is 5.56 Å². The first kappa shape index (κ1) is 22.8. The Hall–Kier alpha value is -2.87. The highest BCUT2D eigenvalue weighted by Crippen LogP contribution is 2.24. The van der Waals surface area contributed by atoms with Crippen molar-refractivity contribution in [3.8, 4) is 5.75 Å². The number of carbonyl (C=O) groups is 1. The molecule has 0 spiro atoms. The lowest BCUT2D eigenvalue weighted by molar-refractivity contribution is 0.0593. The number of hydrogen-bond donors (Lipinski definition) is 0. The third-order valence-electron chi connectivity index (χ3n) is 5.67. The molecule has 0 saturated carbocycles. The molecule has 31 heavy (non-hydrogen) atoms. The average molecular weight is 429 g/mol. The fraction of sp³-hybridized carbons (Fsp3) is 0.522. The van der Waals surface area contributed by atoms with E-state index < -0.39 is 5.97 Å². The topological polar surface area (TPSA) is 78.6 Å². The van der Waals surface area contributed by atoms with Crippen LogP contribution in [0.4, 0.5) is 0 Å². The molecule has 3 rings (SSSR count). The number of rotatable bonds is 8. The lowest BCUT2D eigenvalue weighted by Gasteiger charge is -2.19. The summed E-state index contributed by atoms with van der Waals surface area (Å²) in [4.78, 5) is 27.8. The third-order valence-corrected chi connectivity index (χ3v) is 5.67. The Morgan fingerprint density at radius 3 is 2.77 bits per heavy atom. The number of fused-ring (bicyclic) bond motifs is 1. The Kier molecular flexibility index (Phi) is 7.68. The summed E-state index contributed by atoms with van der Waals surface area (Å²) >= 11 is 0. The second-order valence-corrected chi connectivity index (χ2v) is 7.95. The van der Waals surface area contributed by atoms with Gasteiger partial charge in [-0.05, 0) is 32.3 Å². The monoisotopic (exact) mass is 428 g/mol. The van der Waals surface area contributed by atoms with E-state index in [2.05, 4.69) is 23.0 Å². The highest BCUT2D eigenvalue weighted by Gasteiger charge is 2.26. The van der Waals surface area contributed by atoms with E-state index in [0.717, 1.165) is 38.0 Å². The number of allylic oxidation sites excluding steroid dienone is 1. The van der Waals surface area contributed by atoms with E-state index in [1.54, 1.807) is 9.25 Å². The van der Waals surface area contributed by atoms with Crippen LogP contribution in [0, 0.1) is 0 Å². The van der Waals surface area contributed by atoms with Gasteiger partial charge >= 0.3 is 5.97 Å². The van der Waals surface area contributed by atoms with Crippen molar-refractivity contribution in [2.75, 3.05) is 33.4 Å². The molecule has 0 atom stereocenters. The predicted octanol–water partition coefficient (Wildman–Crippen LogP) is 2.20. The van der Waals surface area contributed by atoms with Crippen molar-refractivity contribution in [1.82, 2.24) is 19.2 Å². The van der Waals surface area contributed by atoms with Crippen LogP contribution in [-0.4, -0.2) is 58.6 Å². The molecule has 0 saturated heterocycles. The summed E-state index contributed by atoms with van der Waals surface area (Å²) in [5.41, 5.74) is 3.33. The number of methoxy groups -OCH3 is 1. The fourth-order valence-corrected chi connectivity index (χ4v) is 3.89. The first-order chi connectivity index (χ1) is 14.9. The van der Waals surface area contributed by atoms with Crippen molar-refractivity contribution in [3.63, 3.8) is 0 Å². The molecule has 8 nitrogen and oxygen atoms in total. The molecule has 0 N–H and O–H groups in total. The van der Waals surface area contributed by atoms with Gasteiger partial charge in [0, 0.05) is 57.6 Å². The number of esters is 1. The summed E-state index contributed by atoms with van der Waals surface area (Å²) < 4.78 is 14.4. The molecule has 0 radical (unpaired) electrons. The summed E-state index contributed by atoms with van der Waals surface area (Å²) in [5, 5.41) is 4.16. The lowest BCUT2D eigenvalue weighted by atomic mass is 10.1. The van der Waals surface area contributed by atoms with Gasteiger partial charge in [-0.3, -0.25) is 14.4 Å². The van der Waals surface area contributed by atoms with Crippen molar-refractivity contribution in [2.24, 2.45) is 7.05 Å². The standard InChI is InChI=1S/C23H32N4O4/c1-5-17(2)15-26-9-8-19-22(23(29)30-4)20(13-21(28)27(19)11-10-26)31-12-6-7-18-14-24-25(3)16-18/h5,13-14,16H,6-12,15H2,1-4H3/b17-5+. The van der Waals surface area contributed by atoms with Gasteiger partial charge in [0.25, 0.3) is 5.56 Å². The van der Waals surface area contributed by atoms with Crippen LogP contribution in [0.25, 0.3) is 0 Å². The van der Waals surface area contributed by atoms with Crippen molar-refractivity contribution >= 4 is 5.97 Å². The van der Waals surface area contributed by atoms with Gasteiger partial charge in [0.05, 0.1) is 19.9 Å². The van der Waals surface area contributed by atoms with Gasteiger partial charge in [0.1, 0.15) is 11.3 Å². The van der Waals surface area contributed by atoms with Gasteiger partial charge < -0.3 is 14.0 Å². The molecule has 0 bridgehead atoms. The summed E-state index contributed by atoms with van der Waals surface area (Å²) in [5.74, 6) is -0.156. The number of pyridine rings is 1. The quantitative estimate of drug-likeness (QED) is 0.364. The number of aromatic nitrogens is 3. The van der Waals surface area contributed by atoms with E-state index in [4.69, 9.17) is 9.47 Å². The predicted molar refractivity (Wildman–Crippen MR) is 119 cm³/mol. The zero-order chi connectivity index (χ0) is 22.4. The largest absolute Gasteiger partial charge is 0.492 e. The highest BCUT2D eigenvalue weighted by atomic mass is 16.5. The van der Waals surface area contributed by atoms with Gasteiger partial charge in [0.2, 0.25) is 0 Å². The van der Waals surface area contributed by atoms with E-state index in [1.807, 2.05) is 26.4 Å². The zero-order valence-corrected chi connectivity index (χ0v) is 18.9. The van der Waals surface area contributed by atoms with Gasteiger partial charge in [0.15, 0.2) is 0 Å². The summed E-state index contributed by atoms with van der Waals surface area (Å²) in [6.07, 6.45) is 8.04. The summed E-state index contributed by atoms with van der Waals surface area (Å²) in [6.45, 7) is 7.43. The second-order valence-electron chi connectivity index (χ2n) is 7.95.